The van der Waals surface area contributed by atoms with E-state index in [9.17, 15) is 14.7 Å². The molecule has 0 radical (unpaired) electrons. The molecule has 2 heterocycles. The number of aliphatic hydroxyl groups is 1. The Morgan fingerprint density at radius 2 is 1.64 bits per heavy atom. The van der Waals surface area contributed by atoms with Gasteiger partial charge in [-0.2, -0.15) is 0 Å². The van der Waals surface area contributed by atoms with Gasteiger partial charge in [-0.3, -0.25) is 9.59 Å². The standard InChI is InChI=1S/C22H24N2O4/c25-18-15-28-20(19(23-18)16-7-3-1-4-8-16)21(26)24-13-11-22(27,12-14-24)17-9-5-2-6-10-17/h1-10,19-20,27H,11-15H2,(H,23,25)/t19-,20+/m1/s1. The average Bonchev–Trinajstić information content (AvgIpc) is 2.75. The molecule has 2 amide bonds. The highest BCUT2D eigenvalue weighted by atomic mass is 16.5. The Morgan fingerprint density at radius 3 is 2.29 bits per heavy atom. The molecular formula is C22H24N2O4. The maximum atomic E-state index is 13.2. The third-order valence-corrected chi connectivity index (χ3v) is 5.63. The zero-order valence-electron chi connectivity index (χ0n) is 15.6. The molecule has 0 aliphatic carbocycles. The summed E-state index contributed by atoms with van der Waals surface area (Å²) < 4.78 is 5.64. The molecule has 0 unspecified atom stereocenters. The molecule has 0 aromatic heterocycles. The second-order valence-corrected chi connectivity index (χ2v) is 7.41. The lowest BCUT2D eigenvalue weighted by Crippen LogP contribution is -2.55. The lowest BCUT2D eigenvalue weighted by molar-refractivity contribution is -0.158. The van der Waals surface area contributed by atoms with Crippen molar-refractivity contribution in [2.24, 2.45) is 0 Å². The van der Waals surface area contributed by atoms with Crippen LogP contribution in [0.15, 0.2) is 60.7 Å². The molecule has 0 bridgehead atoms. The number of hydrogen-bond donors (Lipinski definition) is 2. The molecule has 2 aliphatic heterocycles. The van der Waals surface area contributed by atoms with E-state index in [4.69, 9.17) is 4.74 Å². The second kappa shape index (κ2) is 7.73. The SMILES string of the molecule is O=C1CO[C@H](C(=O)N2CCC(O)(c3ccccc3)CC2)[C@@H](c2ccccc2)N1. The fourth-order valence-electron chi connectivity index (χ4n) is 4.00. The van der Waals surface area contributed by atoms with Crippen molar-refractivity contribution in [1.82, 2.24) is 10.2 Å². The van der Waals surface area contributed by atoms with E-state index in [1.54, 1.807) is 4.90 Å². The maximum absolute atomic E-state index is 13.2. The molecular weight excluding hydrogens is 356 g/mol. The summed E-state index contributed by atoms with van der Waals surface area (Å²) in [6, 6.07) is 18.5. The molecule has 2 saturated heterocycles. The van der Waals surface area contributed by atoms with Gasteiger partial charge in [0.25, 0.3) is 5.91 Å². The van der Waals surface area contributed by atoms with Crippen molar-refractivity contribution < 1.29 is 19.4 Å². The summed E-state index contributed by atoms with van der Waals surface area (Å²) in [4.78, 5) is 26.7. The van der Waals surface area contributed by atoms with Crippen molar-refractivity contribution in [3.8, 4) is 0 Å². The van der Waals surface area contributed by atoms with Gasteiger partial charge >= 0.3 is 0 Å². The Hall–Kier alpha value is -2.70. The number of morpholine rings is 1. The molecule has 146 valence electrons. The van der Waals surface area contributed by atoms with Gasteiger partial charge in [-0.05, 0) is 24.0 Å². The number of carbonyl (C=O) groups is 2. The fraction of sp³-hybridized carbons (Fsp3) is 0.364. The molecule has 2 atom stereocenters. The Morgan fingerprint density at radius 1 is 1.04 bits per heavy atom. The van der Waals surface area contributed by atoms with Gasteiger partial charge in [0.05, 0.1) is 11.6 Å². The van der Waals surface area contributed by atoms with E-state index in [1.165, 1.54) is 0 Å². The van der Waals surface area contributed by atoms with Crippen LogP contribution in [0.25, 0.3) is 0 Å². The zero-order valence-corrected chi connectivity index (χ0v) is 15.6. The minimum Gasteiger partial charge on any atom is -0.385 e. The maximum Gasteiger partial charge on any atom is 0.254 e. The van der Waals surface area contributed by atoms with Crippen molar-refractivity contribution in [2.45, 2.75) is 30.6 Å². The second-order valence-electron chi connectivity index (χ2n) is 7.41. The topological polar surface area (TPSA) is 78.9 Å². The van der Waals surface area contributed by atoms with Crippen LogP contribution in [-0.4, -0.2) is 47.6 Å². The average molecular weight is 380 g/mol. The summed E-state index contributed by atoms with van der Waals surface area (Å²) in [5, 5.41) is 13.9. The van der Waals surface area contributed by atoms with Crippen molar-refractivity contribution >= 4 is 11.8 Å². The van der Waals surface area contributed by atoms with E-state index in [0.29, 0.717) is 25.9 Å². The van der Waals surface area contributed by atoms with Crippen LogP contribution >= 0.6 is 0 Å². The minimum atomic E-state index is -0.918. The van der Waals surface area contributed by atoms with E-state index in [2.05, 4.69) is 5.32 Å². The number of amides is 2. The monoisotopic (exact) mass is 380 g/mol. The molecule has 0 spiro atoms. The summed E-state index contributed by atoms with van der Waals surface area (Å²) >= 11 is 0. The molecule has 0 saturated carbocycles. The van der Waals surface area contributed by atoms with E-state index in [1.807, 2.05) is 60.7 Å². The summed E-state index contributed by atoms with van der Waals surface area (Å²) in [7, 11) is 0. The predicted molar refractivity (Wildman–Crippen MR) is 103 cm³/mol. The van der Waals surface area contributed by atoms with Gasteiger partial charge in [0.1, 0.15) is 6.61 Å². The Balaban J connectivity index is 1.47. The van der Waals surface area contributed by atoms with Crippen LogP contribution in [0.3, 0.4) is 0 Å². The number of benzene rings is 2. The largest absolute Gasteiger partial charge is 0.385 e. The summed E-state index contributed by atoms with van der Waals surface area (Å²) in [5.74, 6) is -0.376. The molecule has 2 aliphatic rings. The Labute approximate surface area is 164 Å². The van der Waals surface area contributed by atoms with Crippen LogP contribution in [0.1, 0.15) is 30.0 Å². The zero-order chi connectivity index (χ0) is 19.6. The third kappa shape index (κ3) is 3.66. The first-order valence-corrected chi connectivity index (χ1v) is 9.59. The lowest BCUT2D eigenvalue weighted by atomic mass is 9.84. The van der Waals surface area contributed by atoms with Crippen LogP contribution in [0.2, 0.25) is 0 Å². The number of rotatable bonds is 3. The van der Waals surface area contributed by atoms with Crippen LogP contribution in [0, 0.1) is 0 Å². The summed E-state index contributed by atoms with van der Waals surface area (Å²) in [6.07, 6.45) is 0.179. The van der Waals surface area contributed by atoms with Crippen LogP contribution < -0.4 is 5.32 Å². The smallest absolute Gasteiger partial charge is 0.254 e. The van der Waals surface area contributed by atoms with Gasteiger partial charge < -0.3 is 20.1 Å². The predicted octanol–water partition coefficient (Wildman–Crippen LogP) is 1.75. The third-order valence-electron chi connectivity index (χ3n) is 5.63. The number of nitrogens with one attached hydrogen (secondary N) is 1. The van der Waals surface area contributed by atoms with E-state index < -0.39 is 17.7 Å². The highest BCUT2D eigenvalue weighted by Gasteiger charge is 2.41. The molecule has 2 N–H and O–H groups in total. The Kier molecular flexibility index (Phi) is 5.15. The summed E-state index contributed by atoms with van der Waals surface area (Å²) in [6.45, 7) is 0.765. The Bertz CT molecular complexity index is 832. The van der Waals surface area contributed by atoms with Crippen LogP contribution in [-0.2, 0) is 19.9 Å². The normalized spacial score (nSPS) is 24.5. The van der Waals surface area contributed by atoms with Gasteiger partial charge in [-0.1, -0.05) is 60.7 Å². The fourth-order valence-corrected chi connectivity index (χ4v) is 4.00. The first-order valence-electron chi connectivity index (χ1n) is 9.59. The molecule has 6 heteroatoms. The van der Waals surface area contributed by atoms with Crippen molar-refractivity contribution in [3.05, 3.63) is 71.8 Å². The number of piperidine rings is 1. The molecule has 2 aromatic rings. The molecule has 28 heavy (non-hydrogen) atoms. The van der Waals surface area contributed by atoms with Gasteiger partial charge in [0, 0.05) is 13.1 Å². The molecule has 4 rings (SSSR count). The number of ether oxygens (including phenoxy) is 1. The number of hydrogen-bond acceptors (Lipinski definition) is 4. The summed E-state index contributed by atoms with van der Waals surface area (Å²) in [5.41, 5.74) is 0.801. The quantitative estimate of drug-likeness (QED) is 0.850. The molecule has 6 nitrogen and oxygen atoms in total. The van der Waals surface area contributed by atoms with E-state index >= 15 is 0 Å². The lowest BCUT2D eigenvalue weighted by Gasteiger charge is -2.41. The van der Waals surface area contributed by atoms with Crippen LogP contribution in [0.4, 0.5) is 0 Å². The molecule has 2 aromatic carbocycles. The molecule has 2 fully saturated rings. The van der Waals surface area contributed by atoms with Crippen molar-refractivity contribution in [2.75, 3.05) is 19.7 Å². The van der Waals surface area contributed by atoms with Gasteiger partial charge in [-0.15, -0.1) is 0 Å². The van der Waals surface area contributed by atoms with Gasteiger partial charge in [0.15, 0.2) is 6.10 Å². The minimum absolute atomic E-state index is 0.123. The highest BCUT2D eigenvalue weighted by molar-refractivity contribution is 5.86. The van der Waals surface area contributed by atoms with Crippen molar-refractivity contribution in [1.29, 1.82) is 0 Å². The van der Waals surface area contributed by atoms with E-state index in [-0.39, 0.29) is 18.4 Å². The first kappa shape index (κ1) is 18.7. The number of likely N-dealkylation sites (tertiary alicyclic amines) is 1. The van der Waals surface area contributed by atoms with E-state index in [0.717, 1.165) is 11.1 Å². The van der Waals surface area contributed by atoms with Gasteiger partial charge in [0.2, 0.25) is 5.91 Å². The van der Waals surface area contributed by atoms with Crippen molar-refractivity contribution in [3.63, 3.8) is 0 Å². The van der Waals surface area contributed by atoms with Gasteiger partial charge in [-0.25, -0.2) is 0 Å². The first-order chi connectivity index (χ1) is 13.6. The highest BCUT2D eigenvalue weighted by Crippen LogP contribution is 2.34. The van der Waals surface area contributed by atoms with Crippen LogP contribution in [0.5, 0.6) is 0 Å². The number of nitrogens with zero attached hydrogens (tertiary/aromatic N) is 1. The number of carbonyl (C=O) groups excluding carboxylic acids is 2.